The molecule has 0 bridgehead atoms. The Morgan fingerprint density at radius 2 is 0.852 bits per heavy atom. The molecular weight excluding hydrogens is 998 g/mol. The third-order valence-electron chi connectivity index (χ3n) is 17.1. The standard InChI is InChI=1S/C76H72BN3S/c1-73(2,3)52-27-34-56(35-28-52)78(57-36-29-53(30-37-57)74(4,5)6)59-40-42-65-62(48-59)63-45-51(49-21-15-13-16-22-49)46-67-71(63)77(80(65)58-38-31-54(32-39-58)75(7,8)9)72-66(43-44-69-70(72)60-25-19-20-26-68(60)81-69)79(67)64-41-33-55(76(10,11)12)47-61(64)50-23-17-14-18-24-50/h13-48H,1-12H3. The van der Waals surface area contributed by atoms with Crippen molar-refractivity contribution in [2.75, 3.05) is 14.6 Å². The van der Waals surface area contributed by atoms with Gasteiger partial charge in [0.1, 0.15) is 0 Å². The number of benzene rings is 10. The largest absolute Gasteiger partial charge is 0.376 e. The minimum atomic E-state index is -0.202. The van der Waals surface area contributed by atoms with Gasteiger partial charge in [-0.3, -0.25) is 0 Å². The summed E-state index contributed by atoms with van der Waals surface area (Å²) in [6, 6.07) is 83.6. The van der Waals surface area contributed by atoms with E-state index in [1.165, 1.54) is 104 Å². The molecule has 13 rings (SSSR count). The Labute approximate surface area is 485 Å². The van der Waals surface area contributed by atoms with Gasteiger partial charge in [0.2, 0.25) is 0 Å². The van der Waals surface area contributed by atoms with Gasteiger partial charge in [0.15, 0.2) is 0 Å². The van der Waals surface area contributed by atoms with E-state index in [1.54, 1.807) is 0 Å². The maximum Gasteiger partial charge on any atom is 0.333 e. The fourth-order valence-electron chi connectivity index (χ4n) is 12.6. The van der Waals surface area contributed by atoms with Crippen molar-refractivity contribution < 1.29 is 0 Å². The number of nitrogens with zero attached hydrogens (tertiary/aromatic N) is 3. The Hall–Kier alpha value is -8.12. The lowest BCUT2D eigenvalue weighted by Gasteiger charge is -2.47. The molecule has 0 unspecified atom stereocenters. The van der Waals surface area contributed by atoms with Gasteiger partial charge < -0.3 is 14.6 Å². The molecule has 0 spiro atoms. The second kappa shape index (κ2) is 19.3. The van der Waals surface area contributed by atoms with Gasteiger partial charge in [0, 0.05) is 60.3 Å². The van der Waals surface area contributed by atoms with Crippen LogP contribution in [0.15, 0.2) is 218 Å². The molecule has 81 heavy (non-hydrogen) atoms. The summed E-state index contributed by atoms with van der Waals surface area (Å²) in [6.07, 6.45) is 0. The molecule has 0 aliphatic carbocycles. The predicted molar refractivity (Wildman–Crippen MR) is 353 cm³/mol. The van der Waals surface area contributed by atoms with E-state index in [0.717, 1.165) is 28.4 Å². The molecule has 2 aliphatic heterocycles. The van der Waals surface area contributed by atoms with Gasteiger partial charge in [-0.15, -0.1) is 11.3 Å². The van der Waals surface area contributed by atoms with Crippen molar-refractivity contribution >= 4 is 94.8 Å². The van der Waals surface area contributed by atoms with Crippen molar-refractivity contribution in [3.8, 4) is 33.4 Å². The van der Waals surface area contributed by atoms with E-state index in [1.807, 2.05) is 11.3 Å². The minimum Gasteiger partial charge on any atom is -0.376 e. The van der Waals surface area contributed by atoms with E-state index in [-0.39, 0.29) is 28.5 Å². The maximum atomic E-state index is 2.70. The van der Waals surface area contributed by atoms with E-state index in [9.17, 15) is 0 Å². The Kier molecular flexibility index (Phi) is 12.4. The molecule has 3 nitrogen and oxygen atoms in total. The molecule has 0 saturated carbocycles. The van der Waals surface area contributed by atoms with Crippen LogP contribution in [0.4, 0.5) is 45.5 Å². The van der Waals surface area contributed by atoms with Crippen LogP contribution < -0.4 is 25.5 Å². The highest BCUT2D eigenvalue weighted by Crippen LogP contribution is 2.53. The lowest BCUT2D eigenvalue weighted by atomic mass is 9.42. The summed E-state index contributed by atoms with van der Waals surface area (Å²) in [6.45, 7) is 27.5. The summed E-state index contributed by atoms with van der Waals surface area (Å²) in [5.41, 5.74) is 24.2. The van der Waals surface area contributed by atoms with Crippen LogP contribution in [0, 0.1) is 0 Å². The molecule has 10 aromatic carbocycles. The average molecular weight is 1070 g/mol. The van der Waals surface area contributed by atoms with Crippen LogP contribution in [-0.2, 0) is 21.7 Å². The molecule has 5 heteroatoms. The first-order chi connectivity index (χ1) is 38.7. The molecule has 3 heterocycles. The highest BCUT2D eigenvalue weighted by Gasteiger charge is 2.47. The van der Waals surface area contributed by atoms with Crippen LogP contribution in [0.1, 0.15) is 105 Å². The van der Waals surface area contributed by atoms with Crippen LogP contribution >= 0.6 is 11.3 Å². The number of hydrogen-bond donors (Lipinski definition) is 0. The van der Waals surface area contributed by atoms with Gasteiger partial charge in [0.05, 0.1) is 5.69 Å². The molecule has 11 aromatic rings. The van der Waals surface area contributed by atoms with Crippen molar-refractivity contribution in [3.05, 3.63) is 241 Å². The quantitative estimate of drug-likeness (QED) is 0.147. The Bertz CT molecular complexity index is 4130. The molecule has 0 fully saturated rings. The topological polar surface area (TPSA) is 9.72 Å². The third-order valence-corrected chi connectivity index (χ3v) is 18.2. The minimum absolute atomic E-state index is 0.0147. The van der Waals surface area contributed by atoms with Crippen molar-refractivity contribution in [2.24, 2.45) is 0 Å². The van der Waals surface area contributed by atoms with E-state index in [2.05, 4.69) is 316 Å². The van der Waals surface area contributed by atoms with E-state index < -0.39 is 0 Å². The van der Waals surface area contributed by atoms with E-state index in [4.69, 9.17) is 0 Å². The first-order valence-corrected chi connectivity index (χ1v) is 29.8. The van der Waals surface area contributed by atoms with Gasteiger partial charge in [-0.05, 0) is 185 Å². The maximum absolute atomic E-state index is 2.70. The van der Waals surface area contributed by atoms with Gasteiger partial charge in [-0.1, -0.05) is 204 Å². The van der Waals surface area contributed by atoms with Crippen molar-refractivity contribution in [1.29, 1.82) is 0 Å². The number of thiophene rings is 1. The number of anilines is 8. The van der Waals surface area contributed by atoms with Crippen LogP contribution in [-0.4, -0.2) is 6.85 Å². The summed E-state index contributed by atoms with van der Waals surface area (Å²) in [5, 5.41) is 2.61. The summed E-state index contributed by atoms with van der Waals surface area (Å²) in [4.78, 5) is 7.81. The van der Waals surface area contributed by atoms with Gasteiger partial charge in [-0.2, -0.15) is 0 Å². The number of fused-ring (bicyclic) bond motifs is 8. The molecule has 0 radical (unpaired) electrons. The van der Waals surface area contributed by atoms with Gasteiger partial charge in [0.25, 0.3) is 0 Å². The Balaban J connectivity index is 1.16. The van der Waals surface area contributed by atoms with Crippen molar-refractivity contribution in [2.45, 2.75) is 105 Å². The number of rotatable bonds is 7. The Morgan fingerprint density at radius 1 is 0.346 bits per heavy atom. The third kappa shape index (κ3) is 9.15. The fourth-order valence-corrected chi connectivity index (χ4v) is 13.7. The van der Waals surface area contributed by atoms with Crippen LogP contribution in [0.5, 0.6) is 0 Å². The SMILES string of the molecule is CC(C)(C)c1ccc(N2B3c4c(cc(-c5ccccc5)cc4N(c4ccc(C(C)(C)C)cc4-c4ccccc4)c4ccc5sc6ccccc6c5c43)-c3cc(N(c4ccc(C(C)(C)C)cc4)c4ccc(C(C)(C)C)cc4)ccc32)cc1. The Morgan fingerprint density at radius 3 is 1.44 bits per heavy atom. The number of hydrogen-bond acceptors (Lipinski definition) is 4. The van der Waals surface area contributed by atoms with Crippen LogP contribution in [0.3, 0.4) is 0 Å². The van der Waals surface area contributed by atoms with Crippen molar-refractivity contribution in [1.82, 2.24) is 0 Å². The molecule has 2 aliphatic rings. The van der Waals surface area contributed by atoms with Crippen molar-refractivity contribution in [3.63, 3.8) is 0 Å². The zero-order valence-corrected chi connectivity index (χ0v) is 49.9. The molecule has 1 aromatic heterocycles. The first-order valence-electron chi connectivity index (χ1n) is 28.9. The summed E-state index contributed by atoms with van der Waals surface area (Å²) in [5.74, 6) is 0. The second-order valence-electron chi connectivity index (χ2n) is 26.7. The average Bonchev–Trinajstić information content (AvgIpc) is 4.03. The lowest BCUT2D eigenvalue weighted by Crippen LogP contribution is -2.61. The molecule has 0 saturated heterocycles. The highest BCUT2D eigenvalue weighted by molar-refractivity contribution is 7.26. The van der Waals surface area contributed by atoms with E-state index >= 15 is 0 Å². The zero-order valence-electron chi connectivity index (χ0n) is 49.1. The highest BCUT2D eigenvalue weighted by atomic mass is 32.1. The summed E-state index contributed by atoms with van der Waals surface area (Å²) >= 11 is 1.90. The van der Waals surface area contributed by atoms with E-state index in [0.29, 0.717) is 0 Å². The second-order valence-corrected chi connectivity index (χ2v) is 27.8. The summed E-state index contributed by atoms with van der Waals surface area (Å²) < 4.78 is 2.59. The zero-order chi connectivity index (χ0) is 56.3. The smallest absolute Gasteiger partial charge is 0.333 e. The fraction of sp³-hybridized carbons (Fsp3) is 0.211. The molecule has 0 N–H and O–H groups in total. The molecule has 400 valence electrons. The lowest BCUT2D eigenvalue weighted by molar-refractivity contribution is 0.590. The van der Waals surface area contributed by atoms with Gasteiger partial charge >= 0.3 is 6.85 Å². The molecule has 0 amide bonds. The normalized spacial score (nSPS) is 13.4. The monoisotopic (exact) mass is 1070 g/mol. The van der Waals surface area contributed by atoms with Gasteiger partial charge in [-0.25, -0.2) is 0 Å². The van der Waals surface area contributed by atoms with Crippen LogP contribution in [0.2, 0.25) is 0 Å². The molecular formula is C76H72BN3S. The summed E-state index contributed by atoms with van der Waals surface area (Å²) in [7, 11) is 0. The first kappa shape index (κ1) is 52.3. The van der Waals surface area contributed by atoms with Crippen LogP contribution in [0.25, 0.3) is 53.6 Å². The predicted octanol–water partition coefficient (Wildman–Crippen LogP) is 20.8. The molecule has 0 atom stereocenters.